The molecule has 2 N–H and O–H groups in total. The summed E-state index contributed by atoms with van der Waals surface area (Å²) in [6, 6.07) is 7.84. The smallest absolute Gasteiger partial charge is 0.221 e. The third-order valence-electron chi connectivity index (χ3n) is 3.16. The van der Waals surface area contributed by atoms with Gasteiger partial charge in [-0.1, -0.05) is 13.8 Å². The third-order valence-corrected chi connectivity index (χ3v) is 3.16. The minimum absolute atomic E-state index is 0.0544. The first-order chi connectivity index (χ1) is 9.62. The fraction of sp³-hybridized carbons (Fsp3) is 0.312. The van der Waals surface area contributed by atoms with Gasteiger partial charge in [-0.05, 0) is 37.1 Å². The van der Waals surface area contributed by atoms with Crippen LogP contribution < -0.4 is 15.5 Å². The summed E-state index contributed by atoms with van der Waals surface area (Å²) in [6.07, 6.45) is 6.15. The molecule has 1 aliphatic heterocycles. The van der Waals surface area contributed by atoms with E-state index in [1.54, 1.807) is 0 Å². The number of nitrogens with zero attached hydrogens (tertiary/aromatic N) is 1. The Morgan fingerprint density at radius 2 is 1.65 bits per heavy atom. The minimum Gasteiger partial charge on any atom is -0.360 e. The average Bonchev–Trinajstić information content (AvgIpc) is 2.46. The Kier molecular flexibility index (Phi) is 4.45. The molecule has 4 nitrogen and oxygen atoms in total. The van der Waals surface area contributed by atoms with E-state index in [9.17, 15) is 4.79 Å². The summed E-state index contributed by atoms with van der Waals surface area (Å²) in [5.74, 6) is -0.0544. The van der Waals surface area contributed by atoms with Crippen LogP contribution in [0.15, 0.2) is 48.1 Å². The lowest BCUT2D eigenvalue weighted by molar-refractivity contribution is -0.114. The Balaban J connectivity index is 2.21. The molecule has 0 unspecified atom stereocenters. The summed E-state index contributed by atoms with van der Waals surface area (Å²) in [7, 11) is 0. The maximum absolute atomic E-state index is 11.0. The van der Waals surface area contributed by atoms with Crippen LogP contribution in [0.1, 0.15) is 33.6 Å². The number of amides is 1. The fourth-order valence-corrected chi connectivity index (χ4v) is 2.07. The Labute approximate surface area is 120 Å². The molecule has 0 aliphatic carbocycles. The van der Waals surface area contributed by atoms with Gasteiger partial charge in [0.05, 0.1) is 0 Å². The van der Waals surface area contributed by atoms with E-state index in [1.807, 2.05) is 24.3 Å². The van der Waals surface area contributed by atoms with Gasteiger partial charge in [-0.25, -0.2) is 0 Å². The normalized spacial score (nSPS) is 14.2. The summed E-state index contributed by atoms with van der Waals surface area (Å²) >= 11 is 0. The fourth-order valence-electron chi connectivity index (χ4n) is 2.07. The number of carbonyl (C=O) groups is 1. The van der Waals surface area contributed by atoms with Crippen molar-refractivity contribution in [1.29, 1.82) is 0 Å². The summed E-state index contributed by atoms with van der Waals surface area (Å²) in [5.41, 5.74) is 4.30. The van der Waals surface area contributed by atoms with Crippen molar-refractivity contribution >= 4 is 17.3 Å². The van der Waals surface area contributed by atoms with E-state index >= 15 is 0 Å². The molecule has 1 heterocycles. The van der Waals surface area contributed by atoms with Crippen LogP contribution in [-0.4, -0.2) is 5.91 Å². The predicted molar refractivity (Wildman–Crippen MR) is 83.1 cm³/mol. The maximum atomic E-state index is 11.0. The van der Waals surface area contributed by atoms with Gasteiger partial charge < -0.3 is 15.5 Å². The molecule has 20 heavy (non-hydrogen) atoms. The van der Waals surface area contributed by atoms with E-state index in [1.165, 1.54) is 18.3 Å². The largest absolute Gasteiger partial charge is 0.360 e. The molecule has 2 rings (SSSR count). The van der Waals surface area contributed by atoms with E-state index in [0.717, 1.165) is 24.2 Å². The average molecular weight is 271 g/mol. The SMILES string of the molecule is CCC1=CN(c2ccc(NC(C)=O)cc2)C=C(CC)N1. The summed E-state index contributed by atoms with van der Waals surface area (Å²) in [6.45, 7) is 5.78. The Morgan fingerprint density at radius 3 is 2.10 bits per heavy atom. The van der Waals surface area contributed by atoms with Crippen molar-refractivity contribution in [2.45, 2.75) is 33.6 Å². The van der Waals surface area contributed by atoms with Gasteiger partial charge in [0.2, 0.25) is 5.91 Å². The number of hydrogen-bond acceptors (Lipinski definition) is 3. The highest BCUT2D eigenvalue weighted by Crippen LogP contribution is 2.23. The summed E-state index contributed by atoms with van der Waals surface area (Å²) in [4.78, 5) is 13.1. The highest BCUT2D eigenvalue weighted by Gasteiger charge is 2.10. The van der Waals surface area contributed by atoms with Crippen LogP contribution in [0.3, 0.4) is 0 Å². The number of allylic oxidation sites excluding steroid dienone is 2. The molecule has 106 valence electrons. The van der Waals surface area contributed by atoms with Crippen molar-refractivity contribution in [3.05, 3.63) is 48.1 Å². The summed E-state index contributed by atoms with van der Waals surface area (Å²) in [5, 5.41) is 6.19. The van der Waals surface area contributed by atoms with Crippen LogP contribution in [0.4, 0.5) is 11.4 Å². The first-order valence-electron chi connectivity index (χ1n) is 6.96. The standard InChI is InChI=1S/C16H21N3O/c1-4-13-10-19(11-14(5-2)18-13)16-8-6-15(7-9-16)17-12(3)20/h6-11,18H,4-5H2,1-3H3,(H,17,20). The molecule has 0 atom stereocenters. The van der Waals surface area contributed by atoms with Gasteiger partial charge in [0.1, 0.15) is 0 Å². The molecule has 1 aromatic carbocycles. The van der Waals surface area contributed by atoms with Crippen molar-refractivity contribution < 1.29 is 4.79 Å². The quantitative estimate of drug-likeness (QED) is 0.880. The van der Waals surface area contributed by atoms with Crippen molar-refractivity contribution in [3.8, 4) is 0 Å². The van der Waals surface area contributed by atoms with Crippen molar-refractivity contribution in [1.82, 2.24) is 5.32 Å². The van der Waals surface area contributed by atoms with Crippen molar-refractivity contribution in [2.24, 2.45) is 0 Å². The van der Waals surface area contributed by atoms with Gasteiger partial charge in [-0.15, -0.1) is 0 Å². The second-order valence-electron chi connectivity index (χ2n) is 4.78. The predicted octanol–water partition coefficient (Wildman–Crippen LogP) is 3.56. The molecule has 1 amide bonds. The molecule has 0 bridgehead atoms. The Bertz CT molecular complexity index is 523. The molecule has 0 spiro atoms. The van der Waals surface area contributed by atoms with E-state index in [0.29, 0.717) is 0 Å². The van der Waals surface area contributed by atoms with E-state index in [2.05, 4.69) is 41.8 Å². The zero-order chi connectivity index (χ0) is 14.5. The lowest BCUT2D eigenvalue weighted by Gasteiger charge is -2.26. The van der Waals surface area contributed by atoms with Gasteiger partial charge >= 0.3 is 0 Å². The molecule has 0 saturated heterocycles. The Morgan fingerprint density at radius 1 is 1.10 bits per heavy atom. The number of carbonyl (C=O) groups excluding carboxylic acids is 1. The van der Waals surface area contributed by atoms with Gasteiger partial charge in [0.25, 0.3) is 0 Å². The molecule has 4 heteroatoms. The number of hydrogen-bond donors (Lipinski definition) is 2. The molecular weight excluding hydrogens is 250 g/mol. The van der Waals surface area contributed by atoms with E-state index in [-0.39, 0.29) is 5.91 Å². The topological polar surface area (TPSA) is 44.4 Å². The number of nitrogens with one attached hydrogen (secondary N) is 2. The number of anilines is 2. The van der Waals surface area contributed by atoms with Gasteiger partial charge in [0, 0.05) is 42.1 Å². The molecule has 0 aromatic heterocycles. The molecule has 0 saturated carbocycles. The highest BCUT2D eigenvalue weighted by molar-refractivity contribution is 5.88. The second-order valence-corrected chi connectivity index (χ2v) is 4.78. The summed E-state index contributed by atoms with van der Waals surface area (Å²) < 4.78 is 0. The van der Waals surface area contributed by atoms with Crippen LogP contribution >= 0.6 is 0 Å². The van der Waals surface area contributed by atoms with E-state index in [4.69, 9.17) is 0 Å². The second kappa shape index (κ2) is 6.28. The van der Waals surface area contributed by atoms with Crippen LogP contribution in [0, 0.1) is 0 Å². The first-order valence-corrected chi connectivity index (χ1v) is 6.96. The highest BCUT2D eigenvalue weighted by atomic mass is 16.1. The minimum atomic E-state index is -0.0544. The maximum Gasteiger partial charge on any atom is 0.221 e. The molecule has 0 fully saturated rings. The third kappa shape index (κ3) is 3.41. The van der Waals surface area contributed by atoms with Crippen LogP contribution in [0.2, 0.25) is 0 Å². The Hall–Kier alpha value is -2.23. The van der Waals surface area contributed by atoms with Crippen LogP contribution in [-0.2, 0) is 4.79 Å². The lowest BCUT2D eigenvalue weighted by Crippen LogP contribution is -2.24. The van der Waals surface area contributed by atoms with Crippen molar-refractivity contribution in [3.63, 3.8) is 0 Å². The monoisotopic (exact) mass is 271 g/mol. The first kappa shape index (κ1) is 14.2. The van der Waals surface area contributed by atoms with Crippen molar-refractivity contribution in [2.75, 3.05) is 10.2 Å². The molecule has 1 aliphatic rings. The van der Waals surface area contributed by atoms with E-state index < -0.39 is 0 Å². The lowest BCUT2D eigenvalue weighted by atomic mass is 10.2. The van der Waals surface area contributed by atoms with Gasteiger partial charge in [-0.2, -0.15) is 0 Å². The van der Waals surface area contributed by atoms with Crippen LogP contribution in [0.25, 0.3) is 0 Å². The van der Waals surface area contributed by atoms with Gasteiger partial charge in [-0.3, -0.25) is 4.79 Å². The zero-order valence-electron chi connectivity index (χ0n) is 12.2. The molecular formula is C16H21N3O. The number of rotatable bonds is 4. The molecule has 1 aromatic rings. The number of benzene rings is 1. The molecule has 0 radical (unpaired) electrons. The zero-order valence-corrected chi connectivity index (χ0v) is 12.2. The van der Waals surface area contributed by atoms with Crippen LogP contribution in [0.5, 0.6) is 0 Å². The van der Waals surface area contributed by atoms with Gasteiger partial charge in [0.15, 0.2) is 0 Å².